The molecule has 102 valence electrons. The molecule has 1 saturated heterocycles. The van der Waals surface area contributed by atoms with Crippen molar-refractivity contribution in [3.8, 4) is 0 Å². The van der Waals surface area contributed by atoms with E-state index in [0.29, 0.717) is 10.3 Å². The lowest BCUT2D eigenvalue weighted by Crippen LogP contribution is -2.32. The molecule has 1 fully saturated rings. The second-order valence-corrected chi connectivity index (χ2v) is 6.81. The van der Waals surface area contributed by atoms with Crippen molar-refractivity contribution in [1.29, 1.82) is 0 Å². The van der Waals surface area contributed by atoms with Crippen molar-refractivity contribution in [1.82, 2.24) is 5.32 Å². The van der Waals surface area contributed by atoms with Crippen LogP contribution in [0.4, 0.5) is 5.69 Å². The number of amides is 2. The fourth-order valence-corrected chi connectivity index (χ4v) is 4.62. The molecule has 1 aliphatic rings. The van der Waals surface area contributed by atoms with Gasteiger partial charge in [0.1, 0.15) is 0 Å². The van der Waals surface area contributed by atoms with E-state index in [1.165, 1.54) is 30.5 Å². The third kappa shape index (κ3) is 3.91. The van der Waals surface area contributed by atoms with Crippen LogP contribution in [-0.4, -0.2) is 30.4 Å². The summed E-state index contributed by atoms with van der Waals surface area (Å²) in [6.07, 6.45) is 1.25. The van der Waals surface area contributed by atoms with Crippen LogP contribution in [-0.2, 0) is 9.59 Å². The minimum absolute atomic E-state index is 0.422. The fourth-order valence-electron chi connectivity index (χ4n) is 1.74. The molecule has 2 rings (SSSR count). The molecule has 6 heteroatoms. The smallest absolute Gasteiger partial charge is 0.313 e. The zero-order valence-electron chi connectivity index (χ0n) is 10.6. The fraction of sp³-hybridized carbons (Fsp3) is 0.385. The molecule has 1 aliphatic heterocycles. The Morgan fingerprint density at radius 2 is 1.95 bits per heavy atom. The number of thioether (sulfide) groups is 2. The average Bonchev–Trinajstić information content (AvgIpc) is 2.47. The highest BCUT2D eigenvalue weighted by molar-refractivity contribution is 8.16. The average molecular weight is 296 g/mol. The predicted molar refractivity (Wildman–Crippen MR) is 81.4 cm³/mol. The quantitative estimate of drug-likeness (QED) is 0.822. The Bertz CT molecular complexity index is 473. The van der Waals surface area contributed by atoms with Gasteiger partial charge in [-0.15, -0.1) is 23.5 Å². The Balaban J connectivity index is 2.06. The van der Waals surface area contributed by atoms with E-state index in [9.17, 15) is 9.59 Å². The van der Waals surface area contributed by atoms with Crippen molar-refractivity contribution in [3.05, 3.63) is 29.8 Å². The van der Waals surface area contributed by atoms with Crippen LogP contribution in [0.25, 0.3) is 0 Å². The molecule has 0 atom stereocenters. The Labute approximate surface area is 121 Å². The third-order valence-corrected chi connectivity index (χ3v) is 5.69. The van der Waals surface area contributed by atoms with Gasteiger partial charge in [0.15, 0.2) is 0 Å². The third-order valence-electron chi connectivity index (χ3n) is 2.68. The van der Waals surface area contributed by atoms with Crippen molar-refractivity contribution in [2.45, 2.75) is 11.0 Å². The summed E-state index contributed by atoms with van der Waals surface area (Å²) in [7, 11) is 1.44. The number of carbonyl (C=O) groups excluding carboxylic acids is 2. The zero-order valence-corrected chi connectivity index (χ0v) is 12.3. The van der Waals surface area contributed by atoms with Crippen LogP contribution in [0.15, 0.2) is 24.3 Å². The van der Waals surface area contributed by atoms with E-state index in [-0.39, 0.29) is 0 Å². The molecule has 2 amide bonds. The highest BCUT2D eigenvalue weighted by Gasteiger charge is 2.17. The molecule has 0 spiro atoms. The van der Waals surface area contributed by atoms with Gasteiger partial charge in [-0.3, -0.25) is 9.59 Å². The summed E-state index contributed by atoms with van der Waals surface area (Å²) in [6.45, 7) is 0. The first-order valence-electron chi connectivity index (χ1n) is 6.07. The van der Waals surface area contributed by atoms with E-state index < -0.39 is 11.8 Å². The molecule has 0 unspecified atom stereocenters. The number of likely N-dealkylation sites (N-methyl/N-ethyl adjacent to an activating group) is 1. The Morgan fingerprint density at radius 1 is 1.21 bits per heavy atom. The van der Waals surface area contributed by atoms with Crippen molar-refractivity contribution in [3.63, 3.8) is 0 Å². The van der Waals surface area contributed by atoms with Gasteiger partial charge in [-0.2, -0.15) is 0 Å². The largest absolute Gasteiger partial charge is 0.351 e. The molecule has 0 aliphatic carbocycles. The second-order valence-electron chi connectivity index (χ2n) is 4.09. The summed E-state index contributed by atoms with van der Waals surface area (Å²) in [6, 6.07) is 7.70. The summed E-state index contributed by atoms with van der Waals surface area (Å²) in [5.41, 5.74) is 1.85. The maximum atomic E-state index is 11.5. The molecule has 1 aromatic rings. The summed E-state index contributed by atoms with van der Waals surface area (Å²) < 4.78 is 0.422. The highest BCUT2D eigenvalue weighted by atomic mass is 32.2. The van der Waals surface area contributed by atoms with Crippen molar-refractivity contribution < 1.29 is 9.59 Å². The molecule has 0 radical (unpaired) electrons. The lowest BCUT2D eigenvalue weighted by molar-refractivity contribution is -0.135. The van der Waals surface area contributed by atoms with Gasteiger partial charge in [-0.25, -0.2) is 0 Å². The zero-order chi connectivity index (χ0) is 13.7. The molecule has 2 N–H and O–H groups in total. The molecular formula is C13H16N2O2S2. The van der Waals surface area contributed by atoms with Gasteiger partial charge >= 0.3 is 11.8 Å². The van der Waals surface area contributed by atoms with Crippen LogP contribution in [0, 0.1) is 0 Å². The number of benzene rings is 1. The first kappa shape index (κ1) is 14.3. The topological polar surface area (TPSA) is 58.2 Å². The summed E-state index contributed by atoms with van der Waals surface area (Å²) in [5.74, 6) is 1.08. The van der Waals surface area contributed by atoms with Crippen LogP contribution in [0.2, 0.25) is 0 Å². The first-order chi connectivity index (χ1) is 9.20. The minimum Gasteiger partial charge on any atom is -0.351 e. The lowest BCUT2D eigenvalue weighted by atomic mass is 10.2. The van der Waals surface area contributed by atoms with E-state index in [4.69, 9.17) is 0 Å². The summed E-state index contributed by atoms with van der Waals surface area (Å²) in [4.78, 5) is 22.7. The van der Waals surface area contributed by atoms with Crippen molar-refractivity contribution in [2.75, 3.05) is 23.9 Å². The van der Waals surface area contributed by atoms with Gasteiger partial charge in [0, 0.05) is 12.7 Å². The van der Waals surface area contributed by atoms with E-state index >= 15 is 0 Å². The maximum absolute atomic E-state index is 11.5. The molecule has 19 heavy (non-hydrogen) atoms. The van der Waals surface area contributed by atoms with E-state index in [1.807, 2.05) is 35.7 Å². The summed E-state index contributed by atoms with van der Waals surface area (Å²) in [5, 5.41) is 4.91. The van der Waals surface area contributed by atoms with Gasteiger partial charge in [0.05, 0.1) is 4.58 Å². The van der Waals surface area contributed by atoms with Crippen LogP contribution in [0.3, 0.4) is 0 Å². The Kier molecular flexibility index (Phi) is 5.15. The number of nitrogens with one attached hydrogen (secondary N) is 2. The lowest BCUT2D eigenvalue weighted by Gasteiger charge is -2.21. The van der Waals surface area contributed by atoms with Crippen molar-refractivity contribution >= 4 is 41.0 Å². The first-order valence-corrected chi connectivity index (χ1v) is 8.16. The van der Waals surface area contributed by atoms with Crippen LogP contribution >= 0.6 is 23.5 Å². The minimum atomic E-state index is -0.636. The van der Waals surface area contributed by atoms with Crippen LogP contribution < -0.4 is 10.6 Å². The van der Waals surface area contributed by atoms with E-state index in [1.54, 1.807) is 6.07 Å². The highest BCUT2D eigenvalue weighted by Crippen LogP contribution is 2.43. The normalized spacial score (nSPS) is 15.8. The van der Waals surface area contributed by atoms with Gasteiger partial charge in [0.2, 0.25) is 0 Å². The van der Waals surface area contributed by atoms with Crippen LogP contribution in [0.5, 0.6) is 0 Å². The van der Waals surface area contributed by atoms with Gasteiger partial charge in [0.25, 0.3) is 0 Å². The number of anilines is 1. The van der Waals surface area contributed by atoms with Crippen LogP contribution in [0.1, 0.15) is 16.6 Å². The molecule has 1 heterocycles. The second kappa shape index (κ2) is 6.86. The number of hydrogen-bond acceptors (Lipinski definition) is 4. The monoisotopic (exact) mass is 296 g/mol. The number of hydrogen-bond donors (Lipinski definition) is 2. The SMILES string of the molecule is CNC(=O)C(=O)Nc1cccc(C2SCCCS2)c1. The predicted octanol–water partition coefficient (Wildman–Crippen LogP) is 2.24. The van der Waals surface area contributed by atoms with Gasteiger partial charge in [-0.1, -0.05) is 12.1 Å². The van der Waals surface area contributed by atoms with Gasteiger partial charge in [-0.05, 0) is 35.6 Å². The summed E-state index contributed by atoms with van der Waals surface area (Å²) >= 11 is 3.85. The standard InChI is InChI=1S/C13H16N2O2S2/c1-14-11(16)12(17)15-10-5-2-4-9(8-10)13-18-6-3-7-19-13/h2,4-5,8,13H,3,6-7H2,1H3,(H,14,16)(H,15,17). The van der Waals surface area contributed by atoms with E-state index in [2.05, 4.69) is 16.7 Å². The molecular weight excluding hydrogens is 280 g/mol. The number of rotatable bonds is 2. The maximum Gasteiger partial charge on any atom is 0.313 e. The molecule has 0 saturated carbocycles. The number of carbonyl (C=O) groups is 2. The van der Waals surface area contributed by atoms with Crippen molar-refractivity contribution in [2.24, 2.45) is 0 Å². The Morgan fingerprint density at radius 3 is 2.63 bits per heavy atom. The van der Waals surface area contributed by atoms with E-state index in [0.717, 1.165) is 0 Å². The molecule has 4 nitrogen and oxygen atoms in total. The molecule has 0 bridgehead atoms. The van der Waals surface area contributed by atoms with Gasteiger partial charge < -0.3 is 10.6 Å². The molecule has 1 aromatic carbocycles. The Hall–Kier alpha value is -1.14. The molecule has 0 aromatic heterocycles.